The zero-order valence-electron chi connectivity index (χ0n) is 16.6. The molecule has 0 bridgehead atoms. The van der Waals surface area contributed by atoms with E-state index in [1.54, 1.807) is 25.1 Å². The van der Waals surface area contributed by atoms with Gasteiger partial charge in [-0.25, -0.2) is 13.2 Å². The molecule has 1 aliphatic rings. The minimum absolute atomic E-state index is 0.0633. The fourth-order valence-electron chi connectivity index (χ4n) is 2.73. The number of sulfonamides is 1. The Hall–Kier alpha value is -2.87. The minimum Gasteiger partial charge on any atom is -0.449 e. The van der Waals surface area contributed by atoms with Crippen molar-refractivity contribution >= 4 is 27.6 Å². The summed E-state index contributed by atoms with van der Waals surface area (Å²) in [6.07, 6.45) is 0.895. The van der Waals surface area contributed by atoms with E-state index in [9.17, 15) is 18.0 Å². The number of aryl methyl sites for hydroxylation is 2. The molecule has 1 unspecified atom stereocenters. The molecule has 2 N–H and O–H groups in total. The molecule has 1 aliphatic carbocycles. The SMILES string of the molecule is Cc1cccc(NS(=O)(=O)c2ccc(C)c(C(=O)OC(C)C(=O)NC3CC3)c2)c1. The predicted octanol–water partition coefficient (Wildman–Crippen LogP) is 2.93. The van der Waals surface area contributed by atoms with Crippen LogP contribution in [0.25, 0.3) is 0 Å². The predicted molar refractivity (Wildman–Crippen MR) is 109 cm³/mol. The summed E-state index contributed by atoms with van der Waals surface area (Å²) in [5.41, 5.74) is 2.00. The lowest BCUT2D eigenvalue weighted by molar-refractivity contribution is -0.129. The zero-order valence-corrected chi connectivity index (χ0v) is 17.4. The second-order valence-electron chi connectivity index (χ2n) is 7.28. The molecule has 0 aromatic heterocycles. The quantitative estimate of drug-likeness (QED) is 0.676. The highest BCUT2D eigenvalue weighted by Gasteiger charge is 2.28. The van der Waals surface area contributed by atoms with Gasteiger partial charge in [0.05, 0.1) is 10.5 Å². The lowest BCUT2D eigenvalue weighted by Crippen LogP contribution is -2.37. The number of hydrogen-bond acceptors (Lipinski definition) is 5. The lowest BCUT2D eigenvalue weighted by atomic mass is 10.1. The maximum absolute atomic E-state index is 12.7. The van der Waals surface area contributed by atoms with Gasteiger partial charge >= 0.3 is 5.97 Å². The normalized spacial score (nSPS) is 14.7. The molecule has 154 valence electrons. The van der Waals surface area contributed by atoms with E-state index < -0.39 is 22.1 Å². The molecule has 2 aromatic rings. The van der Waals surface area contributed by atoms with Crippen LogP contribution in [0.4, 0.5) is 5.69 Å². The van der Waals surface area contributed by atoms with Crippen LogP contribution in [0.5, 0.6) is 0 Å². The van der Waals surface area contributed by atoms with E-state index >= 15 is 0 Å². The highest BCUT2D eigenvalue weighted by molar-refractivity contribution is 7.92. The summed E-state index contributed by atoms with van der Waals surface area (Å²) in [4.78, 5) is 24.5. The summed E-state index contributed by atoms with van der Waals surface area (Å²) in [7, 11) is -3.89. The Bertz CT molecular complexity index is 1040. The molecule has 0 aliphatic heterocycles. The number of esters is 1. The number of ether oxygens (including phenoxy) is 1. The first kappa shape index (κ1) is 20.9. The molecule has 1 saturated carbocycles. The van der Waals surface area contributed by atoms with Crippen LogP contribution >= 0.6 is 0 Å². The molecule has 7 nitrogen and oxygen atoms in total. The maximum Gasteiger partial charge on any atom is 0.339 e. The molecule has 3 rings (SSSR count). The number of rotatable bonds is 7. The summed E-state index contributed by atoms with van der Waals surface area (Å²) in [6.45, 7) is 5.03. The van der Waals surface area contributed by atoms with Gasteiger partial charge in [-0.2, -0.15) is 0 Å². The second-order valence-corrected chi connectivity index (χ2v) is 8.96. The average Bonchev–Trinajstić information content (AvgIpc) is 3.45. The molecule has 0 radical (unpaired) electrons. The number of amides is 1. The van der Waals surface area contributed by atoms with Crippen LogP contribution in [0.3, 0.4) is 0 Å². The van der Waals surface area contributed by atoms with Gasteiger partial charge < -0.3 is 10.1 Å². The molecule has 1 amide bonds. The summed E-state index contributed by atoms with van der Waals surface area (Å²) in [6, 6.07) is 11.4. The van der Waals surface area contributed by atoms with Crippen LogP contribution in [0.1, 0.15) is 41.3 Å². The molecule has 0 saturated heterocycles. The zero-order chi connectivity index (χ0) is 21.2. The van der Waals surface area contributed by atoms with Gasteiger partial charge in [0.2, 0.25) is 0 Å². The van der Waals surface area contributed by atoms with Crippen LogP contribution < -0.4 is 10.0 Å². The van der Waals surface area contributed by atoms with Crippen molar-refractivity contribution in [1.29, 1.82) is 0 Å². The highest BCUT2D eigenvalue weighted by Crippen LogP contribution is 2.22. The van der Waals surface area contributed by atoms with Gasteiger partial charge in [-0.1, -0.05) is 18.2 Å². The molecule has 2 aromatic carbocycles. The van der Waals surface area contributed by atoms with Gasteiger partial charge in [-0.05, 0) is 69.0 Å². The van der Waals surface area contributed by atoms with Crippen molar-refractivity contribution in [3.63, 3.8) is 0 Å². The minimum atomic E-state index is -3.89. The third-order valence-corrected chi connectivity index (χ3v) is 5.97. The maximum atomic E-state index is 12.7. The highest BCUT2D eigenvalue weighted by atomic mass is 32.2. The first-order chi connectivity index (χ1) is 13.7. The van der Waals surface area contributed by atoms with E-state index in [1.807, 2.05) is 13.0 Å². The fourth-order valence-corrected chi connectivity index (χ4v) is 3.81. The Balaban J connectivity index is 1.77. The Kier molecular flexibility index (Phi) is 5.93. The van der Waals surface area contributed by atoms with Crippen molar-refractivity contribution in [3.8, 4) is 0 Å². The van der Waals surface area contributed by atoms with Gasteiger partial charge in [-0.15, -0.1) is 0 Å². The van der Waals surface area contributed by atoms with E-state index in [1.165, 1.54) is 25.1 Å². The van der Waals surface area contributed by atoms with Crippen molar-refractivity contribution in [1.82, 2.24) is 5.32 Å². The monoisotopic (exact) mass is 416 g/mol. The fraction of sp³-hybridized carbons (Fsp3) is 0.333. The molecule has 29 heavy (non-hydrogen) atoms. The topological polar surface area (TPSA) is 102 Å². The Morgan fingerprint density at radius 2 is 1.83 bits per heavy atom. The van der Waals surface area contributed by atoms with E-state index in [4.69, 9.17) is 4.74 Å². The van der Waals surface area contributed by atoms with Crippen molar-refractivity contribution in [3.05, 3.63) is 59.2 Å². The van der Waals surface area contributed by atoms with E-state index in [0.717, 1.165) is 18.4 Å². The molecule has 8 heteroatoms. The van der Waals surface area contributed by atoms with Crippen molar-refractivity contribution in [2.24, 2.45) is 0 Å². The van der Waals surface area contributed by atoms with Crippen LogP contribution in [-0.4, -0.2) is 32.4 Å². The summed E-state index contributed by atoms with van der Waals surface area (Å²) in [5, 5.41) is 2.77. The molecular weight excluding hydrogens is 392 g/mol. The molecule has 0 heterocycles. The van der Waals surface area contributed by atoms with Gasteiger partial charge in [-0.3, -0.25) is 9.52 Å². The number of benzene rings is 2. The van der Waals surface area contributed by atoms with Crippen molar-refractivity contribution in [2.45, 2.75) is 50.7 Å². The summed E-state index contributed by atoms with van der Waals surface area (Å²) in [5.74, 6) is -1.10. The third-order valence-electron chi connectivity index (χ3n) is 4.59. The van der Waals surface area contributed by atoms with Gasteiger partial charge in [0.15, 0.2) is 6.10 Å². The third kappa shape index (κ3) is 5.35. The van der Waals surface area contributed by atoms with Crippen molar-refractivity contribution in [2.75, 3.05) is 4.72 Å². The summed E-state index contributed by atoms with van der Waals surface area (Å²) >= 11 is 0. The number of nitrogens with one attached hydrogen (secondary N) is 2. The van der Waals surface area contributed by atoms with Gasteiger partial charge in [0.25, 0.3) is 15.9 Å². The standard InChI is InChI=1S/C21H24N2O5S/c1-13-5-4-6-17(11-13)23-29(26,27)18-10-7-14(2)19(12-18)21(25)28-15(3)20(24)22-16-8-9-16/h4-7,10-12,15-16,23H,8-9H2,1-3H3,(H,22,24). The molecular formula is C21H24N2O5S. The van der Waals surface area contributed by atoms with Gasteiger partial charge in [0.1, 0.15) is 0 Å². The van der Waals surface area contributed by atoms with E-state index in [2.05, 4.69) is 10.0 Å². The van der Waals surface area contributed by atoms with E-state index in [0.29, 0.717) is 11.3 Å². The van der Waals surface area contributed by atoms with Gasteiger partial charge in [0, 0.05) is 11.7 Å². The van der Waals surface area contributed by atoms with Crippen LogP contribution in [0.15, 0.2) is 47.4 Å². The first-order valence-corrected chi connectivity index (χ1v) is 10.9. The summed E-state index contributed by atoms with van der Waals surface area (Å²) < 4.78 is 33.2. The van der Waals surface area contributed by atoms with Crippen LogP contribution in [0, 0.1) is 13.8 Å². The van der Waals surface area contributed by atoms with E-state index in [-0.39, 0.29) is 22.4 Å². The average molecular weight is 416 g/mol. The Labute approximate surface area is 170 Å². The molecule has 0 spiro atoms. The molecule has 1 fully saturated rings. The Morgan fingerprint density at radius 1 is 1.10 bits per heavy atom. The number of hydrogen-bond donors (Lipinski definition) is 2. The smallest absolute Gasteiger partial charge is 0.339 e. The lowest BCUT2D eigenvalue weighted by Gasteiger charge is -2.15. The largest absolute Gasteiger partial charge is 0.449 e. The van der Waals surface area contributed by atoms with Crippen molar-refractivity contribution < 1.29 is 22.7 Å². The Morgan fingerprint density at radius 3 is 2.48 bits per heavy atom. The van der Waals surface area contributed by atoms with Crippen LogP contribution in [0.2, 0.25) is 0 Å². The molecule has 1 atom stereocenters. The number of carbonyl (C=O) groups is 2. The number of anilines is 1. The second kappa shape index (κ2) is 8.24. The number of carbonyl (C=O) groups excluding carboxylic acids is 2. The first-order valence-electron chi connectivity index (χ1n) is 9.37. The van der Waals surface area contributed by atoms with Crippen LogP contribution in [-0.2, 0) is 19.6 Å².